The van der Waals surface area contributed by atoms with Gasteiger partial charge in [0.1, 0.15) is 12.4 Å². The van der Waals surface area contributed by atoms with Crippen LogP contribution in [0, 0.1) is 0 Å². The molecule has 0 amide bonds. The molecule has 4 nitrogen and oxygen atoms in total. The van der Waals surface area contributed by atoms with E-state index < -0.39 is 12.2 Å². The largest absolute Gasteiger partial charge is 0.391 e. The van der Waals surface area contributed by atoms with Crippen LogP contribution < -0.4 is 5.73 Å². The summed E-state index contributed by atoms with van der Waals surface area (Å²) in [5.74, 6) is 0. The molecule has 0 aromatic rings. The van der Waals surface area contributed by atoms with Crippen LogP contribution in [0.25, 0.3) is 0 Å². The molecule has 60 valence electrons. The zero-order valence-electron chi connectivity index (χ0n) is 5.99. The Balaban J connectivity index is 3.34. The maximum Gasteiger partial charge on any atom is 0.150 e. The number of hydrogen-bond donors (Lipinski definition) is 2. The van der Waals surface area contributed by atoms with E-state index >= 15 is 0 Å². The quantitative estimate of drug-likeness (QED) is 0.485. The minimum Gasteiger partial charge on any atom is -0.391 e. The van der Waals surface area contributed by atoms with Crippen LogP contribution in [0.5, 0.6) is 0 Å². The lowest BCUT2D eigenvalue weighted by Gasteiger charge is -2.09. The molecule has 0 aliphatic heterocycles. The molecule has 2 unspecified atom stereocenters. The molecule has 0 rings (SSSR count). The molecule has 0 bridgehead atoms. The van der Waals surface area contributed by atoms with Crippen LogP contribution in [-0.4, -0.2) is 36.8 Å². The van der Waals surface area contributed by atoms with Crippen LogP contribution in [-0.2, 0) is 9.53 Å². The van der Waals surface area contributed by atoms with Crippen molar-refractivity contribution in [2.45, 2.75) is 19.1 Å². The Hall–Kier alpha value is -0.450. The topological polar surface area (TPSA) is 72.5 Å². The van der Waals surface area contributed by atoms with Gasteiger partial charge in [-0.2, -0.15) is 0 Å². The van der Waals surface area contributed by atoms with Crippen LogP contribution >= 0.6 is 0 Å². The predicted octanol–water partition coefficient (Wildman–Crippen LogP) is -1.09. The third kappa shape index (κ3) is 4.43. The summed E-state index contributed by atoms with van der Waals surface area (Å²) < 4.78 is 4.86. The van der Waals surface area contributed by atoms with E-state index in [1.807, 2.05) is 0 Å². The fraction of sp³-hybridized carbons (Fsp3) is 0.833. The molecule has 0 fully saturated rings. The lowest BCUT2D eigenvalue weighted by atomic mass is 10.4. The second-order valence-electron chi connectivity index (χ2n) is 2.09. The van der Waals surface area contributed by atoms with E-state index in [-0.39, 0.29) is 13.2 Å². The van der Waals surface area contributed by atoms with Crippen LogP contribution in [0.4, 0.5) is 0 Å². The van der Waals surface area contributed by atoms with Crippen LogP contribution in [0.3, 0.4) is 0 Å². The van der Waals surface area contributed by atoms with E-state index in [2.05, 4.69) is 0 Å². The van der Waals surface area contributed by atoms with Crippen molar-refractivity contribution < 1.29 is 14.6 Å². The van der Waals surface area contributed by atoms with Crippen LogP contribution in [0.15, 0.2) is 0 Å². The first-order chi connectivity index (χ1) is 4.70. The number of aliphatic hydroxyl groups is 1. The van der Waals surface area contributed by atoms with Crippen molar-refractivity contribution in [1.29, 1.82) is 0 Å². The molecule has 0 aliphatic carbocycles. The van der Waals surface area contributed by atoms with Gasteiger partial charge in [0.25, 0.3) is 0 Å². The lowest BCUT2D eigenvalue weighted by molar-refractivity contribution is -0.119. The molecule has 0 saturated carbocycles. The molecule has 4 heteroatoms. The second-order valence-corrected chi connectivity index (χ2v) is 2.09. The first kappa shape index (κ1) is 9.55. The van der Waals surface area contributed by atoms with Gasteiger partial charge in [0.05, 0.1) is 12.7 Å². The molecule has 2 atom stereocenters. The first-order valence-corrected chi connectivity index (χ1v) is 3.15. The number of aliphatic hydroxyl groups excluding tert-OH is 1. The fourth-order valence-electron chi connectivity index (χ4n) is 0.426. The van der Waals surface area contributed by atoms with Gasteiger partial charge in [-0.15, -0.1) is 0 Å². The number of aldehydes is 1. The van der Waals surface area contributed by atoms with E-state index in [9.17, 15) is 4.79 Å². The lowest BCUT2D eigenvalue weighted by Crippen LogP contribution is -2.28. The number of ether oxygens (including phenoxy) is 1. The molecule has 0 radical (unpaired) electrons. The maximum atomic E-state index is 10.1. The minimum absolute atomic E-state index is 0.153. The highest BCUT2D eigenvalue weighted by atomic mass is 16.5. The van der Waals surface area contributed by atoms with Crippen molar-refractivity contribution in [1.82, 2.24) is 0 Å². The van der Waals surface area contributed by atoms with E-state index in [0.717, 1.165) is 0 Å². The van der Waals surface area contributed by atoms with Gasteiger partial charge in [-0.3, -0.25) is 0 Å². The first-order valence-electron chi connectivity index (χ1n) is 3.15. The highest BCUT2D eigenvalue weighted by molar-refractivity contribution is 5.56. The summed E-state index contributed by atoms with van der Waals surface area (Å²) in [6.07, 6.45) is -0.494. The standard InChI is InChI=1S/C6H13NO3/c1-5(9)4-10-6(2-7)3-8/h3,5-6,9H,2,4,7H2,1H3. The van der Waals surface area contributed by atoms with Gasteiger partial charge in [0.15, 0.2) is 0 Å². The maximum absolute atomic E-state index is 10.1. The summed E-state index contributed by atoms with van der Waals surface area (Å²) in [5.41, 5.74) is 5.13. The van der Waals surface area contributed by atoms with Crippen molar-refractivity contribution in [2.24, 2.45) is 5.73 Å². The average Bonchev–Trinajstić information content (AvgIpc) is 1.90. The predicted molar refractivity (Wildman–Crippen MR) is 36.5 cm³/mol. The highest BCUT2D eigenvalue weighted by Crippen LogP contribution is 1.87. The van der Waals surface area contributed by atoms with Crippen molar-refractivity contribution in [2.75, 3.05) is 13.2 Å². The van der Waals surface area contributed by atoms with Crippen molar-refractivity contribution in [3.05, 3.63) is 0 Å². The third-order valence-electron chi connectivity index (χ3n) is 0.936. The number of carbonyl (C=O) groups is 1. The number of carbonyl (C=O) groups excluding carboxylic acids is 1. The Labute approximate surface area is 60.0 Å². The Morgan fingerprint density at radius 3 is 2.70 bits per heavy atom. The summed E-state index contributed by atoms with van der Waals surface area (Å²) in [6.45, 7) is 1.90. The molecule has 0 heterocycles. The summed E-state index contributed by atoms with van der Waals surface area (Å²) in [4.78, 5) is 10.1. The minimum atomic E-state index is -0.574. The molecule has 0 spiro atoms. The van der Waals surface area contributed by atoms with E-state index in [0.29, 0.717) is 6.29 Å². The second kappa shape index (κ2) is 5.34. The number of rotatable bonds is 5. The number of nitrogens with two attached hydrogens (primary N) is 1. The summed E-state index contributed by atoms with van der Waals surface area (Å²) in [6, 6.07) is 0. The molecule has 3 N–H and O–H groups in total. The van der Waals surface area contributed by atoms with E-state index in [1.165, 1.54) is 0 Å². The molecule has 10 heavy (non-hydrogen) atoms. The molecule has 0 aliphatic rings. The van der Waals surface area contributed by atoms with Crippen molar-refractivity contribution >= 4 is 6.29 Å². The van der Waals surface area contributed by atoms with Gasteiger partial charge in [0, 0.05) is 6.54 Å². The van der Waals surface area contributed by atoms with Gasteiger partial charge in [-0.25, -0.2) is 0 Å². The Kier molecular flexibility index (Phi) is 5.10. The van der Waals surface area contributed by atoms with Gasteiger partial charge < -0.3 is 20.4 Å². The molecular formula is C6H13NO3. The van der Waals surface area contributed by atoms with E-state index in [4.69, 9.17) is 15.6 Å². The Morgan fingerprint density at radius 1 is 1.80 bits per heavy atom. The summed E-state index contributed by atoms with van der Waals surface area (Å²) >= 11 is 0. The van der Waals surface area contributed by atoms with Crippen LogP contribution in [0.2, 0.25) is 0 Å². The van der Waals surface area contributed by atoms with Gasteiger partial charge in [-0.05, 0) is 6.92 Å². The van der Waals surface area contributed by atoms with Gasteiger partial charge in [-0.1, -0.05) is 0 Å². The van der Waals surface area contributed by atoms with Gasteiger partial charge in [0.2, 0.25) is 0 Å². The zero-order valence-corrected chi connectivity index (χ0v) is 5.99. The summed E-state index contributed by atoms with van der Waals surface area (Å²) in [5, 5.41) is 8.71. The molecule has 0 aromatic carbocycles. The third-order valence-corrected chi connectivity index (χ3v) is 0.936. The monoisotopic (exact) mass is 147 g/mol. The van der Waals surface area contributed by atoms with Gasteiger partial charge >= 0.3 is 0 Å². The summed E-state index contributed by atoms with van der Waals surface area (Å²) in [7, 11) is 0. The fourth-order valence-corrected chi connectivity index (χ4v) is 0.426. The number of hydrogen-bond acceptors (Lipinski definition) is 4. The SMILES string of the molecule is CC(O)COC(C=O)CN. The normalized spacial score (nSPS) is 16.3. The molecular weight excluding hydrogens is 134 g/mol. The van der Waals surface area contributed by atoms with E-state index in [1.54, 1.807) is 6.92 Å². The average molecular weight is 147 g/mol. The molecule has 0 saturated heterocycles. The Bertz CT molecular complexity index is 95.0. The zero-order chi connectivity index (χ0) is 7.98. The molecule has 0 aromatic heterocycles. The van der Waals surface area contributed by atoms with Crippen molar-refractivity contribution in [3.63, 3.8) is 0 Å². The highest BCUT2D eigenvalue weighted by Gasteiger charge is 2.05. The van der Waals surface area contributed by atoms with Crippen molar-refractivity contribution in [3.8, 4) is 0 Å². The van der Waals surface area contributed by atoms with Crippen LogP contribution in [0.1, 0.15) is 6.92 Å². The smallest absolute Gasteiger partial charge is 0.150 e. The Morgan fingerprint density at radius 2 is 2.40 bits per heavy atom.